The maximum absolute atomic E-state index is 13.7. The maximum Gasteiger partial charge on any atom is 0.217 e. The Labute approximate surface area is 136 Å². The standard InChI is InChI=1S/C16H24FN5O/c1-2-19-16(21-10-14-13(17)6-3-7-20-14)22-8-4-5-12(11-22)9-15(18)23/h3,6-7,12H,2,4-5,8-11H2,1H3,(H2,18,23)(H,19,21). The highest BCUT2D eigenvalue weighted by molar-refractivity contribution is 5.80. The van der Waals surface area contributed by atoms with Crippen LogP contribution in [-0.4, -0.2) is 41.4 Å². The van der Waals surface area contributed by atoms with E-state index in [9.17, 15) is 9.18 Å². The Hall–Kier alpha value is -2.18. The van der Waals surface area contributed by atoms with Gasteiger partial charge in [-0.05, 0) is 37.8 Å². The number of aromatic nitrogens is 1. The second-order valence-electron chi connectivity index (χ2n) is 5.73. The summed E-state index contributed by atoms with van der Waals surface area (Å²) >= 11 is 0. The summed E-state index contributed by atoms with van der Waals surface area (Å²) in [6, 6.07) is 2.95. The third kappa shape index (κ3) is 5.19. The predicted octanol–water partition coefficient (Wildman–Crippen LogP) is 1.27. The number of aliphatic imine (C=N–C) groups is 1. The topological polar surface area (TPSA) is 83.6 Å². The van der Waals surface area contributed by atoms with E-state index in [1.807, 2.05) is 6.92 Å². The van der Waals surface area contributed by atoms with Crippen molar-refractivity contribution in [1.82, 2.24) is 15.2 Å². The molecule has 0 bridgehead atoms. The number of pyridine rings is 1. The molecule has 1 aromatic heterocycles. The van der Waals surface area contributed by atoms with Crippen molar-refractivity contribution >= 4 is 11.9 Å². The van der Waals surface area contributed by atoms with Gasteiger partial charge in [0.15, 0.2) is 5.96 Å². The zero-order valence-corrected chi connectivity index (χ0v) is 13.5. The highest BCUT2D eigenvalue weighted by atomic mass is 19.1. The Balaban J connectivity index is 2.06. The lowest BCUT2D eigenvalue weighted by Crippen LogP contribution is -2.47. The lowest BCUT2D eigenvalue weighted by molar-refractivity contribution is -0.119. The lowest BCUT2D eigenvalue weighted by Gasteiger charge is -2.34. The Bertz CT molecular complexity index is 563. The molecular weight excluding hydrogens is 297 g/mol. The quantitative estimate of drug-likeness (QED) is 0.632. The number of primary amides is 1. The number of nitrogens with one attached hydrogen (secondary N) is 1. The van der Waals surface area contributed by atoms with Gasteiger partial charge < -0.3 is 16.0 Å². The lowest BCUT2D eigenvalue weighted by atomic mass is 9.95. The van der Waals surface area contributed by atoms with Crippen molar-refractivity contribution in [2.45, 2.75) is 32.7 Å². The molecule has 1 aromatic rings. The summed E-state index contributed by atoms with van der Waals surface area (Å²) in [7, 11) is 0. The minimum Gasteiger partial charge on any atom is -0.370 e. The average molecular weight is 321 g/mol. The number of rotatable bonds is 5. The number of likely N-dealkylation sites (tertiary alicyclic amines) is 1. The fraction of sp³-hybridized carbons (Fsp3) is 0.562. The van der Waals surface area contributed by atoms with Crippen LogP contribution in [0.25, 0.3) is 0 Å². The molecule has 0 aromatic carbocycles. The molecule has 0 aliphatic carbocycles. The molecule has 23 heavy (non-hydrogen) atoms. The largest absolute Gasteiger partial charge is 0.370 e. The van der Waals surface area contributed by atoms with E-state index < -0.39 is 0 Å². The number of nitrogens with zero attached hydrogens (tertiary/aromatic N) is 3. The zero-order chi connectivity index (χ0) is 16.7. The van der Waals surface area contributed by atoms with Gasteiger partial charge >= 0.3 is 0 Å². The van der Waals surface area contributed by atoms with Crippen molar-refractivity contribution in [3.05, 3.63) is 29.8 Å². The Morgan fingerprint density at radius 2 is 2.43 bits per heavy atom. The van der Waals surface area contributed by atoms with Gasteiger partial charge in [0.1, 0.15) is 5.82 Å². The molecule has 6 nitrogen and oxygen atoms in total. The van der Waals surface area contributed by atoms with Crippen molar-refractivity contribution in [3.8, 4) is 0 Å². The van der Waals surface area contributed by atoms with Gasteiger partial charge in [-0.2, -0.15) is 0 Å². The SMILES string of the molecule is CCNC(=NCc1ncccc1F)N1CCCC(CC(N)=O)C1. The van der Waals surface area contributed by atoms with E-state index in [2.05, 4.69) is 20.2 Å². The van der Waals surface area contributed by atoms with E-state index in [0.29, 0.717) is 12.1 Å². The summed E-state index contributed by atoms with van der Waals surface area (Å²) in [4.78, 5) is 21.8. The van der Waals surface area contributed by atoms with E-state index in [-0.39, 0.29) is 24.2 Å². The van der Waals surface area contributed by atoms with Crippen LogP contribution in [-0.2, 0) is 11.3 Å². The number of hydrogen-bond acceptors (Lipinski definition) is 3. The smallest absolute Gasteiger partial charge is 0.217 e. The first-order chi connectivity index (χ1) is 11.1. The van der Waals surface area contributed by atoms with Crippen LogP contribution >= 0.6 is 0 Å². The monoisotopic (exact) mass is 321 g/mol. The molecule has 0 saturated carbocycles. The fourth-order valence-corrected chi connectivity index (χ4v) is 2.82. The van der Waals surface area contributed by atoms with Gasteiger partial charge in [-0.25, -0.2) is 9.38 Å². The maximum atomic E-state index is 13.7. The molecule has 0 radical (unpaired) electrons. The summed E-state index contributed by atoms with van der Waals surface area (Å²) in [5.41, 5.74) is 5.63. The van der Waals surface area contributed by atoms with Crippen molar-refractivity contribution in [2.24, 2.45) is 16.6 Å². The molecule has 1 saturated heterocycles. The fourth-order valence-electron chi connectivity index (χ4n) is 2.82. The summed E-state index contributed by atoms with van der Waals surface area (Å²) in [6.45, 7) is 4.50. The van der Waals surface area contributed by atoms with Crippen LogP contribution in [0.3, 0.4) is 0 Å². The number of carbonyl (C=O) groups is 1. The second kappa shape index (κ2) is 8.45. The van der Waals surface area contributed by atoms with Gasteiger partial charge in [0.2, 0.25) is 5.91 Å². The van der Waals surface area contributed by atoms with E-state index in [0.717, 1.165) is 38.4 Å². The van der Waals surface area contributed by atoms with Gasteiger partial charge in [0.25, 0.3) is 0 Å². The Morgan fingerprint density at radius 3 is 3.13 bits per heavy atom. The number of piperidine rings is 1. The molecule has 2 rings (SSSR count). The van der Waals surface area contributed by atoms with Crippen LogP contribution in [0.5, 0.6) is 0 Å². The second-order valence-corrected chi connectivity index (χ2v) is 5.73. The average Bonchev–Trinajstić information content (AvgIpc) is 2.52. The highest BCUT2D eigenvalue weighted by Gasteiger charge is 2.23. The first-order valence-corrected chi connectivity index (χ1v) is 8.01. The third-order valence-corrected chi connectivity index (χ3v) is 3.86. The van der Waals surface area contributed by atoms with Crippen molar-refractivity contribution in [2.75, 3.05) is 19.6 Å². The van der Waals surface area contributed by atoms with Gasteiger partial charge in [0.05, 0.1) is 12.2 Å². The van der Waals surface area contributed by atoms with Crippen LogP contribution < -0.4 is 11.1 Å². The van der Waals surface area contributed by atoms with Crippen molar-refractivity contribution < 1.29 is 9.18 Å². The van der Waals surface area contributed by atoms with Crippen molar-refractivity contribution in [3.63, 3.8) is 0 Å². The number of nitrogens with two attached hydrogens (primary N) is 1. The first-order valence-electron chi connectivity index (χ1n) is 8.01. The molecule has 3 N–H and O–H groups in total. The normalized spacial score (nSPS) is 18.8. The van der Waals surface area contributed by atoms with Crippen LogP contribution in [0.2, 0.25) is 0 Å². The van der Waals surface area contributed by atoms with Gasteiger partial charge in [-0.1, -0.05) is 0 Å². The Kier molecular flexibility index (Phi) is 6.31. The number of halogens is 1. The molecular formula is C16H24FN5O. The van der Waals surface area contributed by atoms with Crippen LogP contribution in [0.15, 0.2) is 23.3 Å². The van der Waals surface area contributed by atoms with Crippen LogP contribution in [0.4, 0.5) is 4.39 Å². The van der Waals surface area contributed by atoms with Gasteiger partial charge in [0, 0.05) is 32.3 Å². The molecule has 1 aliphatic rings. The molecule has 1 amide bonds. The molecule has 7 heteroatoms. The summed E-state index contributed by atoms with van der Waals surface area (Å²) in [5, 5.41) is 3.23. The number of hydrogen-bond donors (Lipinski definition) is 2. The van der Waals surface area contributed by atoms with Crippen LogP contribution in [0.1, 0.15) is 31.9 Å². The zero-order valence-electron chi connectivity index (χ0n) is 13.5. The molecule has 1 unspecified atom stereocenters. The minimum absolute atomic E-state index is 0.187. The first kappa shape index (κ1) is 17.2. The third-order valence-electron chi connectivity index (χ3n) is 3.86. The number of carbonyl (C=O) groups excluding carboxylic acids is 1. The van der Waals surface area contributed by atoms with Gasteiger partial charge in [-0.15, -0.1) is 0 Å². The summed E-state index contributed by atoms with van der Waals surface area (Å²) in [6.07, 6.45) is 3.93. The van der Waals surface area contributed by atoms with E-state index in [1.54, 1.807) is 12.3 Å². The molecule has 2 heterocycles. The molecule has 1 aliphatic heterocycles. The molecule has 1 atom stereocenters. The summed E-state index contributed by atoms with van der Waals surface area (Å²) in [5.74, 6) is 0.357. The molecule has 0 spiro atoms. The molecule has 1 fully saturated rings. The van der Waals surface area contributed by atoms with E-state index in [1.165, 1.54) is 6.07 Å². The summed E-state index contributed by atoms with van der Waals surface area (Å²) < 4.78 is 13.7. The van der Waals surface area contributed by atoms with Crippen LogP contribution in [0, 0.1) is 11.7 Å². The Morgan fingerprint density at radius 1 is 1.61 bits per heavy atom. The highest BCUT2D eigenvalue weighted by Crippen LogP contribution is 2.19. The number of amides is 1. The van der Waals surface area contributed by atoms with E-state index >= 15 is 0 Å². The van der Waals surface area contributed by atoms with E-state index in [4.69, 9.17) is 5.73 Å². The minimum atomic E-state index is -0.350. The molecule has 126 valence electrons. The number of guanidine groups is 1. The van der Waals surface area contributed by atoms with Gasteiger partial charge in [-0.3, -0.25) is 9.78 Å². The van der Waals surface area contributed by atoms with Crippen molar-refractivity contribution in [1.29, 1.82) is 0 Å². The predicted molar refractivity (Wildman–Crippen MR) is 87.1 cm³/mol.